The van der Waals surface area contributed by atoms with E-state index < -0.39 is 0 Å². The summed E-state index contributed by atoms with van der Waals surface area (Å²) in [4.78, 5) is 12.0. The molecule has 20 heavy (non-hydrogen) atoms. The van der Waals surface area contributed by atoms with E-state index in [1.54, 1.807) is 7.11 Å². The molecule has 1 unspecified atom stereocenters. The quantitative estimate of drug-likeness (QED) is 0.777. The number of nitrogens with one attached hydrogen (secondary N) is 1. The van der Waals surface area contributed by atoms with Crippen LogP contribution in [0.4, 0.5) is 0 Å². The van der Waals surface area contributed by atoms with Crippen LogP contribution in [0.2, 0.25) is 0 Å². The third-order valence-electron chi connectivity index (χ3n) is 4.18. The van der Waals surface area contributed by atoms with E-state index in [4.69, 9.17) is 4.74 Å². The third kappa shape index (κ3) is 4.07. The molecule has 2 rings (SSSR count). The van der Waals surface area contributed by atoms with Gasteiger partial charge in [0.05, 0.1) is 6.61 Å². The van der Waals surface area contributed by atoms with E-state index in [0.29, 0.717) is 31.4 Å². The molecule has 3 heteroatoms. The Morgan fingerprint density at radius 3 is 2.70 bits per heavy atom. The van der Waals surface area contributed by atoms with Crippen molar-refractivity contribution < 1.29 is 9.53 Å². The van der Waals surface area contributed by atoms with Gasteiger partial charge in [-0.2, -0.15) is 0 Å². The second-order valence-electron chi connectivity index (χ2n) is 5.83. The summed E-state index contributed by atoms with van der Waals surface area (Å²) < 4.78 is 4.96. The molecule has 1 aromatic carbocycles. The molecule has 1 amide bonds. The largest absolute Gasteiger partial charge is 0.383 e. The first-order chi connectivity index (χ1) is 9.61. The van der Waals surface area contributed by atoms with Crippen LogP contribution in [-0.2, 0) is 9.53 Å². The Kier molecular flexibility index (Phi) is 5.18. The van der Waals surface area contributed by atoms with Crippen molar-refractivity contribution in [1.82, 2.24) is 5.32 Å². The topological polar surface area (TPSA) is 38.3 Å². The Labute approximate surface area is 121 Å². The average Bonchev–Trinajstić information content (AvgIpc) is 3.24. The molecular formula is C17H25NO2. The second-order valence-corrected chi connectivity index (χ2v) is 5.83. The van der Waals surface area contributed by atoms with Gasteiger partial charge in [0.15, 0.2) is 0 Å². The minimum atomic E-state index is 0.136. The summed E-state index contributed by atoms with van der Waals surface area (Å²) in [6, 6.07) is 6.61. The summed E-state index contributed by atoms with van der Waals surface area (Å²) in [6.45, 7) is 5.44. The van der Waals surface area contributed by atoms with Gasteiger partial charge < -0.3 is 10.1 Å². The van der Waals surface area contributed by atoms with E-state index in [2.05, 4.69) is 37.4 Å². The number of hydrogen-bond acceptors (Lipinski definition) is 2. The molecule has 3 nitrogen and oxygen atoms in total. The molecule has 0 spiro atoms. The molecule has 1 fully saturated rings. The van der Waals surface area contributed by atoms with Crippen LogP contribution in [-0.4, -0.2) is 26.2 Å². The maximum atomic E-state index is 12.0. The van der Waals surface area contributed by atoms with Crippen LogP contribution >= 0.6 is 0 Å². The van der Waals surface area contributed by atoms with Gasteiger partial charge in [-0.1, -0.05) is 18.2 Å². The molecule has 1 aromatic rings. The Balaban J connectivity index is 2.00. The highest BCUT2D eigenvalue weighted by atomic mass is 16.5. The first-order valence-electron chi connectivity index (χ1n) is 7.44. The van der Waals surface area contributed by atoms with Crippen LogP contribution in [0.1, 0.15) is 41.9 Å². The summed E-state index contributed by atoms with van der Waals surface area (Å²) in [5.74, 6) is 1.19. The monoisotopic (exact) mass is 275 g/mol. The van der Waals surface area contributed by atoms with E-state index in [1.807, 2.05) is 0 Å². The van der Waals surface area contributed by atoms with Crippen LogP contribution in [0.25, 0.3) is 0 Å². The fourth-order valence-electron chi connectivity index (χ4n) is 2.61. The van der Waals surface area contributed by atoms with Gasteiger partial charge in [0.1, 0.15) is 0 Å². The molecule has 0 aromatic heterocycles. The van der Waals surface area contributed by atoms with Crippen LogP contribution < -0.4 is 5.32 Å². The van der Waals surface area contributed by atoms with Gasteiger partial charge in [-0.3, -0.25) is 4.79 Å². The van der Waals surface area contributed by atoms with Crippen molar-refractivity contribution in [2.45, 2.75) is 39.0 Å². The zero-order valence-electron chi connectivity index (χ0n) is 12.7. The summed E-state index contributed by atoms with van der Waals surface area (Å²) in [7, 11) is 1.65. The molecule has 0 aliphatic heterocycles. The fourth-order valence-corrected chi connectivity index (χ4v) is 2.61. The van der Waals surface area contributed by atoms with Crippen LogP contribution in [0, 0.1) is 19.8 Å². The van der Waals surface area contributed by atoms with Gasteiger partial charge >= 0.3 is 0 Å². The van der Waals surface area contributed by atoms with Gasteiger partial charge in [-0.25, -0.2) is 0 Å². The van der Waals surface area contributed by atoms with Crippen LogP contribution in [0.5, 0.6) is 0 Å². The molecular weight excluding hydrogens is 250 g/mol. The predicted molar refractivity (Wildman–Crippen MR) is 80.9 cm³/mol. The molecule has 1 atom stereocenters. The van der Waals surface area contributed by atoms with Crippen molar-refractivity contribution in [3.63, 3.8) is 0 Å². The highest BCUT2D eigenvalue weighted by Crippen LogP contribution is 2.44. The maximum Gasteiger partial charge on any atom is 0.220 e. The highest BCUT2D eigenvalue weighted by molar-refractivity contribution is 5.77. The Morgan fingerprint density at radius 1 is 1.35 bits per heavy atom. The number of amides is 1. The van der Waals surface area contributed by atoms with Gasteiger partial charge in [0.2, 0.25) is 5.91 Å². The molecule has 0 radical (unpaired) electrons. The number of benzene rings is 1. The molecule has 0 bridgehead atoms. The van der Waals surface area contributed by atoms with E-state index in [0.717, 1.165) is 0 Å². The number of carbonyl (C=O) groups excluding carboxylic acids is 1. The first kappa shape index (κ1) is 15.0. The van der Waals surface area contributed by atoms with Crippen molar-refractivity contribution >= 4 is 5.91 Å². The standard InChI is InChI=1S/C17H25NO2/c1-12-4-5-15(10-13(12)2)16(14-6-7-14)11-17(19)18-8-9-20-3/h4-5,10,14,16H,6-9,11H2,1-3H3,(H,18,19). The van der Waals surface area contributed by atoms with Crippen molar-refractivity contribution in [2.24, 2.45) is 5.92 Å². The lowest BCUT2D eigenvalue weighted by Crippen LogP contribution is -2.28. The van der Waals surface area contributed by atoms with E-state index in [1.165, 1.54) is 29.5 Å². The number of rotatable bonds is 7. The van der Waals surface area contributed by atoms with Gasteiger partial charge in [-0.15, -0.1) is 0 Å². The normalized spacial score (nSPS) is 15.9. The number of ether oxygens (including phenoxy) is 1. The van der Waals surface area contributed by atoms with Crippen molar-refractivity contribution in [3.05, 3.63) is 34.9 Å². The predicted octanol–water partition coefficient (Wildman–Crippen LogP) is 2.95. The third-order valence-corrected chi connectivity index (χ3v) is 4.18. The molecule has 1 aliphatic rings. The summed E-state index contributed by atoms with van der Waals surface area (Å²) in [5.41, 5.74) is 3.94. The maximum absolute atomic E-state index is 12.0. The molecule has 1 aliphatic carbocycles. The average molecular weight is 275 g/mol. The fraction of sp³-hybridized carbons (Fsp3) is 0.588. The lowest BCUT2D eigenvalue weighted by Gasteiger charge is -2.18. The highest BCUT2D eigenvalue weighted by Gasteiger charge is 2.33. The molecule has 1 saturated carbocycles. The smallest absolute Gasteiger partial charge is 0.220 e. The second kappa shape index (κ2) is 6.89. The number of aryl methyl sites for hydroxylation is 2. The zero-order chi connectivity index (χ0) is 14.5. The Hall–Kier alpha value is -1.35. The summed E-state index contributed by atoms with van der Waals surface area (Å²) in [6.07, 6.45) is 3.10. The van der Waals surface area contributed by atoms with Crippen molar-refractivity contribution in [2.75, 3.05) is 20.3 Å². The van der Waals surface area contributed by atoms with Gasteiger partial charge in [0, 0.05) is 20.1 Å². The van der Waals surface area contributed by atoms with Crippen molar-refractivity contribution in [3.8, 4) is 0 Å². The van der Waals surface area contributed by atoms with Gasteiger partial charge in [0.25, 0.3) is 0 Å². The van der Waals surface area contributed by atoms with Crippen LogP contribution in [0.15, 0.2) is 18.2 Å². The number of methoxy groups -OCH3 is 1. The molecule has 1 N–H and O–H groups in total. The zero-order valence-corrected chi connectivity index (χ0v) is 12.7. The minimum absolute atomic E-state index is 0.136. The van der Waals surface area contributed by atoms with E-state index in [9.17, 15) is 4.79 Å². The van der Waals surface area contributed by atoms with E-state index in [-0.39, 0.29) is 5.91 Å². The van der Waals surface area contributed by atoms with E-state index >= 15 is 0 Å². The Bertz CT molecular complexity index is 466. The van der Waals surface area contributed by atoms with Crippen molar-refractivity contribution in [1.29, 1.82) is 0 Å². The summed E-state index contributed by atoms with van der Waals surface area (Å²) >= 11 is 0. The number of hydrogen-bond donors (Lipinski definition) is 1. The Morgan fingerprint density at radius 2 is 2.10 bits per heavy atom. The SMILES string of the molecule is COCCNC(=O)CC(c1ccc(C)c(C)c1)C1CC1. The minimum Gasteiger partial charge on any atom is -0.383 e. The first-order valence-corrected chi connectivity index (χ1v) is 7.44. The molecule has 110 valence electrons. The lowest BCUT2D eigenvalue weighted by atomic mass is 9.89. The molecule has 0 heterocycles. The number of carbonyl (C=O) groups is 1. The molecule has 0 saturated heterocycles. The van der Waals surface area contributed by atoms with Gasteiger partial charge in [-0.05, 0) is 55.2 Å². The van der Waals surface area contributed by atoms with Crippen LogP contribution in [0.3, 0.4) is 0 Å². The summed E-state index contributed by atoms with van der Waals surface area (Å²) in [5, 5.41) is 2.93. The lowest BCUT2D eigenvalue weighted by molar-refractivity contribution is -0.121.